The van der Waals surface area contributed by atoms with Crippen LogP contribution in [-0.4, -0.2) is 64.1 Å². The molecule has 1 unspecified atom stereocenters. The summed E-state index contributed by atoms with van der Waals surface area (Å²) in [6.07, 6.45) is -0.859. The number of morpholine rings is 1. The third kappa shape index (κ3) is 7.51. The molecular weight excluding hydrogens is 452 g/mol. The van der Waals surface area contributed by atoms with Crippen LogP contribution in [0, 0.1) is 6.92 Å². The second-order valence-corrected chi connectivity index (χ2v) is 8.01. The van der Waals surface area contributed by atoms with E-state index in [2.05, 4.69) is 10.2 Å². The van der Waals surface area contributed by atoms with Crippen molar-refractivity contribution in [2.45, 2.75) is 33.8 Å². The fourth-order valence-electron chi connectivity index (χ4n) is 3.55. The first kappa shape index (κ1) is 26.2. The molecule has 0 spiro atoms. The molecule has 1 atom stereocenters. The van der Waals surface area contributed by atoms with Gasteiger partial charge in [-0.15, -0.1) is 0 Å². The second kappa shape index (κ2) is 12.9. The van der Waals surface area contributed by atoms with Crippen LogP contribution >= 0.6 is 0 Å². The van der Waals surface area contributed by atoms with Crippen LogP contribution in [0.3, 0.4) is 0 Å². The average Bonchev–Trinajstić information content (AvgIpc) is 2.86. The smallest absolute Gasteiger partial charge is 0.347 e. The number of carbonyl (C=O) groups is 2. The van der Waals surface area contributed by atoms with E-state index in [1.54, 1.807) is 25.1 Å². The number of carbonyl (C=O) groups excluding carboxylic acids is 2. The Morgan fingerprint density at radius 3 is 2.34 bits per heavy atom. The van der Waals surface area contributed by atoms with Gasteiger partial charge in [-0.25, -0.2) is 4.79 Å². The summed E-state index contributed by atoms with van der Waals surface area (Å²) in [5.74, 6) is 0.556. The molecule has 0 aromatic heterocycles. The highest BCUT2D eigenvalue weighted by molar-refractivity contribution is 5.95. The minimum absolute atomic E-state index is 0.419. The van der Waals surface area contributed by atoms with Gasteiger partial charge in [-0.3, -0.25) is 4.79 Å². The van der Waals surface area contributed by atoms with Crippen LogP contribution in [0.1, 0.15) is 26.3 Å². The van der Waals surface area contributed by atoms with Gasteiger partial charge < -0.3 is 33.9 Å². The lowest BCUT2D eigenvalue weighted by Gasteiger charge is -2.31. The van der Waals surface area contributed by atoms with Gasteiger partial charge in [-0.05, 0) is 39.8 Å². The molecule has 2 aromatic rings. The topological polar surface area (TPSA) is 95.6 Å². The second-order valence-electron chi connectivity index (χ2n) is 8.01. The van der Waals surface area contributed by atoms with E-state index >= 15 is 0 Å². The summed E-state index contributed by atoms with van der Waals surface area (Å²) in [4.78, 5) is 27.1. The van der Waals surface area contributed by atoms with Crippen molar-refractivity contribution in [2.24, 2.45) is 0 Å². The predicted octanol–water partition coefficient (Wildman–Crippen LogP) is 3.58. The Kier molecular flexibility index (Phi) is 9.60. The summed E-state index contributed by atoms with van der Waals surface area (Å²) in [6.45, 7) is 10.5. The number of rotatable bonds is 11. The normalized spacial score (nSPS) is 14.1. The van der Waals surface area contributed by atoms with Gasteiger partial charge >= 0.3 is 5.97 Å². The number of anilines is 2. The summed E-state index contributed by atoms with van der Waals surface area (Å²) in [7, 11) is 0. The molecule has 2 aromatic carbocycles. The minimum Gasteiger partial charge on any atom is -0.492 e. The van der Waals surface area contributed by atoms with Crippen molar-refractivity contribution in [1.82, 2.24) is 0 Å². The number of hydrogen-bond acceptors (Lipinski definition) is 8. The van der Waals surface area contributed by atoms with Gasteiger partial charge in [0.05, 0.1) is 37.8 Å². The molecular formula is C26H34N2O7. The van der Waals surface area contributed by atoms with Crippen LogP contribution in [0.5, 0.6) is 17.2 Å². The Hall–Kier alpha value is -3.46. The molecule has 1 heterocycles. The molecule has 0 radical (unpaired) electrons. The number of nitrogens with zero attached hydrogens (tertiary/aromatic N) is 1. The lowest BCUT2D eigenvalue weighted by atomic mass is 10.2. The zero-order valence-electron chi connectivity index (χ0n) is 20.8. The molecule has 1 N–H and O–H groups in total. The first-order chi connectivity index (χ1) is 16.9. The first-order valence-electron chi connectivity index (χ1n) is 11.9. The van der Waals surface area contributed by atoms with E-state index in [0.29, 0.717) is 49.4 Å². The summed E-state index contributed by atoms with van der Waals surface area (Å²) in [5.41, 5.74) is 2.41. The average molecular weight is 487 g/mol. The highest BCUT2D eigenvalue weighted by atomic mass is 16.6. The summed E-state index contributed by atoms with van der Waals surface area (Å²) in [6, 6.07) is 10.9. The van der Waals surface area contributed by atoms with Crippen molar-refractivity contribution in [1.29, 1.82) is 0 Å². The van der Waals surface area contributed by atoms with Gasteiger partial charge in [-0.1, -0.05) is 17.7 Å². The Morgan fingerprint density at radius 2 is 1.69 bits per heavy atom. The molecule has 3 rings (SSSR count). The molecule has 1 aliphatic heterocycles. The van der Waals surface area contributed by atoms with E-state index in [0.717, 1.165) is 24.3 Å². The quantitative estimate of drug-likeness (QED) is 0.482. The van der Waals surface area contributed by atoms with E-state index in [1.807, 2.05) is 39.0 Å². The van der Waals surface area contributed by atoms with E-state index in [4.69, 9.17) is 23.7 Å². The maximum atomic E-state index is 12.6. The number of benzene rings is 2. The molecule has 0 aliphatic carbocycles. The summed E-state index contributed by atoms with van der Waals surface area (Å²) < 4.78 is 27.8. The standard InChI is InChI=1S/C26H34N2O7/c1-5-32-23-16-22(28-11-13-31-14-12-28)24(33-6-2)15-21(23)27-25(29)17-34-26(30)19(4)35-20-9-7-18(3)8-10-20/h7-10,15-16,19H,5-6,11-14,17H2,1-4H3,(H,27,29). The highest BCUT2D eigenvalue weighted by Crippen LogP contribution is 2.39. The Morgan fingerprint density at radius 1 is 1.03 bits per heavy atom. The fourth-order valence-corrected chi connectivity index (χ4v) is 3.55. The van der Waals surface area contributed by atoms with Crippen molar-refractivity contribution in [3.63, 3.8) is 0 Å². The zero-order valence-corrected chi connectivity index (χ0v) is 20.8. The van der Waals surface area contributed by atoms with Gasteiger partial charge in [0.2, 0.25) is 0 Å². The van der Waals surface area contributed by atoms with Gasteiger partial charge in [-0.2, -0.15) is 0 Å². The highest BCUT2D eigenvalue weighted by Gasteiger charge is 2.22. The molecule has 1 saturated heterocycles. The molecule has 9 heteroatoms. The van der Waals surface area contributed by atoms with Crippen LogP contribution in [0.15, 0.2) is 36.4 Å². The summed E-state index contributed by atoms with van der Waals surface area (Å²) in [5, 5.41) is 2.77. The number of hydrogen-bond donors (Lipinski definition) is 1. The number of ether oxygens (including phenoxy) is 5. The van der Waals surface area contributed by atoms with Crippen LogP contribution in [-0.2, 0) is 19.1 Å². The molecule has 35 heavy (non-hydrogen) atoms. The van der Waals surface area contributed by atoms with E-state index < -0.39 is 24.6 Å². The van der Waals surface area contributed by atoms with Gasteiger partial charge in [0.25, 0.3) is 5.91 Å². The van der Waals surface area contributed by atoms with Crippen molar-refractivity contribution < 1.29 is 33.3 Å². The molecule has 1 aliphatic rings. The van der Waals surface area contributed by atoms with E-state index in [1.165, 1.54) is 0 Å². The molecule has 1 amide bonds. The largest absolute Gasteiger partial charge is 0.492 e. The molecule has 9 nitrogen and oxygen atoms in total. The van der Waals surface area contributed by atoms with Crippen LogP contribution < -0.4 is 24.4 Å². The summed E-state index contributed by atoms with van der Waals surface area (Å²) >= 11 is 0. The molecule has 0 bridgehead atoms. The van der Waals surface area contributed by atoms with Crippen LogP contribution in [0.2, 0.25) is 0 Å². The van der Waals surface area contributed by atoms with Gasteiger partial charge in [0, 0.05) is 25.2 Å². The SMILES string of the molecule is CCOc1cc(N2CCOCC2)c(OCC)cc1NC(=O)COC(=O)C(C)Oc1ccc(C)cc1. The van der Waals surface area contributed by atoms with Crippen molar-refractivity contribution >= 4 is 23.3 Å². The monoisotopic (exact) mass is 486 g/mol. The van der Waals surface area contributed by atoms with Crippen molar-refractivity contribution in [3.8, 4) is 17.2 Å². The maximum Gasteiger partial charge on any atom is 0.347 e. The van der Waals surface area contributed by atoms with Crippen LogP contribution in [0.25, 0.3) is 0 Å². The zero-order chi connectivity index (χ0) is 25.2. The lowest BCUT2D eigenvalue weighted by Crippen LogP contribution is -2.36. The Bertz CT molecular complexity index is 988. The number of aryl methyl sites for hydroxylation is 1. The lowest BCUT2D eigenvalue weighted by molar-refractivity contribution is -0.153. The number of esters is 1. The third-order valence-corrected chi connectivity index (χ3v) is 5.30. The van der Waals surface area contributed by atoms with Gasteiger partial charge in [0.1, 0.15) is 17.2 Å². The number of nitrogens with one attached hydrogen (secondary N) is 1. The van der Waals surface area contributed by atoms with Crippen LogP contribution in [0.4, 0.5) is 11.4 Å². The molecule has 190 valence electrons. The molecule has 0 saturated carbocycles. The number of amides is 1. The van der Waals surface area contributed by atoms with E-state index in [-0.39, 0.29) is 0 Å². The van der Waals surface area contributed by atoms with Gasteiger partial charge in [0.15, 0.2) is 12.7 Å². The Labute approximate surface area is 206 Å². The Balaban J connectivity index is 1.64. The fraction of sp³-hybridized carbons (Fsp3) is 0.462. The van der Waals surface area contributed by atoms with Crippen molar-refractivity contribution in [3.05, 3.63) is 42.0 Å². The minimum atomic E-state index is -0.859. The predicted molar refractivity (Wildman–Crippen MR) is 133 cm³/mol. The maximum absolute atomic E-state index is 12.6. The third-order valence-electron chi connectivity index (χ3n) is 5.30. The van der Waals surface area contributed by atoms with Crippen molar-refractivity contribution in [2.75, 3.05) is 56.3 Å². The molecule has 1 fully saturated rings. The first-order valence-corrected chi connectivity index (χ1v) is 11.9. The van der Waals surface area contributed by atoms with E-state index in [9.17, 15) is 9.59 Å².